The SMILES string of the molecule is [2H]c1c([2H])c([2H])c(-c2nc(-c3ccccc3)nc(-c3ccc(-n4c5ccccc5c5ccccc54)c(-c4nc(-c5ccccc5)nc(-c5ccccc5)n4)c3)n2)c([2H])c1[2H]. The van der Waals surface area contributed by atoms with Crippen LogP contribution in [0.1, 0.15) is 6.85 Å². The first-order valence-electron chi connectivity index (χ1n) is 20.2. The quantitative estimate of drug-likeness (QED) is 0.164. The zero-order valence-electron chi connectivity index (χ0n) is 34.1. The predicted octanol–water partition coefficient (Wildman–Crippen LogP) is 11.2. The molecule has 0 aliphatic carbocycles. The van der Waals surface area contributed by atoms with E-state index in [-0.39, 0.29) is 23.0 Å². The van der Waals surface area contributed by atoms with Gasteiger partial charge in [-0.1, -0.05) is 158 Å². The third kappa shape index (κ3) is 5.99. The van der Waals surface area contributed by atoms with Crippen LogP contribution < -0.4 is 0 Å². The molecule has 10 rings (SSSR count). The van der Waals surface area contributed by atoms with Crippen LogP contribution in [0.4, 0.5) is 0 Å². The Balaban J connectivity index is 1.28. The van der Waals surface area contributed by atoms with Gasteiger partial charge in [-0.25, -0.2) is 29.9 Å². The topological polar surface area (TPSA) is 82.3 Å². The molecule has 0 amide bonds. The summed E-state index contributed by atoms with van der Waals surface area (Å²) in [6.07, 6.45) is 0. The lowest BCUT2D eigenvalue weighted by molar-refractivity contribution is 1.06. The number of hydrogen-bond donors (Lipinski definition) is 0. The van der Waals surface area contributed by atoms with E-state index in [1.54, 1.807) is 0 Å². The maximum absolute atomic E-state index is 8.79. The zero-order chi connectivity index (χ0) is 40.9. The molecule has 0 fully saturated rings. The summed E-state index contributed by atoms with van der Waals surface area (Å²) >= 11 is 0. The van der Waals surface area contributed by atoms with Gasteiger partial charge in [-0.3, -0.25) is 0 Å². The fraction of sp³-hybridized carbons (Fsp3) is 0. The highest BCUT2D eigenvalue weighted by Gasteiger charge is 2.21. The molecule has 7 nitrogen and oxygen atoms in total. The normalized spacial score (nSPS) is 12.5. The smallest absolute Gasteiger partial charge is 0.166 e. The first-order chi connectivity index (χ1) is 29.3. The van der Waals surface area contributed by atoms with Crippen molar-refractivity contribution in [1.82, 2.24) is 34.5 Å². The molecule has 0 saturated heterocycles. The first-order valence-corrected chi connectivity index (χ1v) is 17.7. The van der Waals surface area contributed by atoms with Crippen molar-refractivity contribution in [1.29, 1.82) is 0 Å². The van der Waals surface area contributed by atoms with Gasteiger partial charge in [0.1, 0.15) is 0 Å². The monoisotopic (exact) mass is 710 g/mol. The molecule has 0 saturated carbocycles. The molecule has 3 heterocycles. The lowest BCUT2D eigenvalue weighted by Crippen LogP contribution is -2.05. The van der Waals surface area contributed by atoms with Crippen molar-refractivity contribution >= 4 is 21.8 Å². The number of benzene rings is 7. The summed E-state index contributed by atoms with van der Waals surface area (Å²) in [7, 11) is 0. The Bertz CT molecular complexity index is 3130. The fourth-order valence-corrected chi connectivity index (χ4v) is 6.86. The minimum Gasteiger partial charge on any atom is -0.309 e. The van der Waals surface area contributed by atoms with Gasteiger partial charge in [-0.05, 0) is 30.3 Å². The molecule has 0 atom stereocenters. The van der Waals surface area contributed by atoms with Gasteiger partial charge >= 0.3 is 0 Å². The second kappa shape index (κ2) is 13.7. The number of aromatic nitrogens is 7. The summed E-state index contributed by atoms with van der Waals surface area (Å²) in [5.74, 6) is 1.84. The minimum absolute atomic E-state index is 0.0539. The van der Waals surface area contributed by atoms with Gasteiger partial charge in [-0.15, -0.1) is 0 Å². The Morgan fingerprint density at radius 3 is 1.24 bits per heavy atom. The van der Waals surface area contributed by atoms with E-state index in [0.29, 0.717) is 34.2 Å². The summed E-state index contributed by atoms with van der Waals surface area (Å²) in [6.45, 7) is 0. The summed E-state index contributed by atoms with van der Waals surface area (Å²) in [6, 6.07) is 48.9. The van der Waals surface area contributed by atoms with Crippen molar-refractivity contribution < 1.29 is 6.85 Å². The van der Waals surface area contributed by atoms with Crippen LogP contribution in [0.15, 0.2) is 188 Å². The molecule has 3 aromatic heterocycles. The van der Waals surface area contributed by atoms with Crippen LogP contribution in [0.3, 0.4) is 0 Å². The van der Waals surface area contributed by atoms with Gasteiger partial charge in [-0.2, -0.15) is 0 Å². The fourth-order valence-electron chi connectivity index (χ4n) is 6.86. The molecule has 0 aliphatic rings. The van der Waals surface area contributed by atoms with Crippen LogP contribution >= 0.6 is 0 Å². The third-order valence-electron chi connectivity index (χ3n) is 9.41. The summed E-state index contributed by atoms with van der Waals surface area (Å²) in [5.41, 5.74) is 6.17. The van der Waals surface area contributed by atoms with Crippen LogP contribution in [-0.4, -0.2) is 34.5 Å². The number of hydrogen-bond acceptors (Lipinski definition) is 6. The molecule has 55 heavy (non-hydrogen) atoms. The molecule has 10 aromatic rings. The lowest BCUT2D eigenvalue weighted by Gasteiger charge is -2.16. The molecule has 0 spiro atoms. The molecule has 0 radical (unpaired) electrons. The molecular formula is C48H31N7. The predicted molar refractivity (Wildman–Crippen MR) is 220 cm³/mol. The van der Waals surface area contributed by atoms with Crippen LogP contribution in [0.25, 0.3) is 95.8 Å². The van der Waals surface area contributed by atoms with Gasteiger partial charge in [0, 0.05) is 44.2 Å². The Kier molecular flexibility index (Phi) is 6.75. The largest absolute Gasteiger partial charge is 0.309 e. The highest BCUT2D eigenvalue weighted by Crippen LogP contribution is 2.38. The second-order valence-electron chi connectivity index (χ2n) is 12.8. The van der Waals surface area contributed by atoms with Gasteiger partial charge in [0.15, 0.2) is 34.9 Å². The summed E-state index contributed by atoms with van der Waals surface area (Å²) < 4.78 is 44.8. The van der Waals surface area contributed by atoms with E-state index >= 15 is 0 Å². The van der Waals surface area contributed by atoms with Crippen LogP contribution in [-0.2, 0) is 0 Å². The van der Waals surface area contributed by atoms with Gasteiger partial charge < -0.3 is 4.57 Å². The summed E-state index contributed by atoms with van der Waals surface area (Å²) in [5, 5.41) is 2.17. The van der Waals surface area contributed by atoms with Crippen molar-refractivity contribution in [3.8, 4) is 74.0 Å². The molecule has 0 bridgehead atoms. The first kappa shape index (κ1) is 27.0. The zero-order valence-corrected chi connectivity index (χ0v) is 29.1. The van der Waals surface area contributed by atoms with E-state index in [0.717, 1.165) is 38.6 Å². The number of para-hydroxylation sites is 2. The van der Waals surface area contributed by atoms with Crippen LogP contribution in [0, 0.1) is 0 Å². The lowest BCUT2D eigenvalue weighted by atomic mass is 10.1. The average Bonchev–Trinajstić information content (AvgIpc) is 3.65. The Hall–Kier alpha value is -7.64. The van der Waals surface area contributed by atoms with Crippen LogP contribution in [0.2, 0.25) is 0 Å². The van der Waals surface area contributed by atoms with E-state index in [1.807, 2.05) is 133 Å². The Morgan fingerprint density at radius 2 is 0.745 bits per heavy atom. The molecule has 0 unspecified atom stereocenters. The minimum atomic E-state index is -0.501. The highest BCUT2D eigenvalue weighted by atomic mass is 15.1. The molecule has 7 aromatic carbocycles. The highest BCUT2D eigenvalue weighted by molar-refractivity contribution is 6.09. The maximum atomic E-state index is 8.79. The van der Waals surface area contributed by atoms with E-state index in [9.17, 15) is 0 Å². The number of nitrogens with zero attached hydrogens (tertiary/aromatic N) is 7. The molecule has 0 N–H and O–H groups in total. The van der Waals surface area contributed by atoms with E-state index < -0.39 is 30.2 Å². The summed E-state index contributed by atoms with van der Waals surface area (Å²) in [4.78, 5) is 29.7. The van der Waals surface area contributed by atoms with Crippen molar-refractivity contribution in [3.63, 3.8) is 0 Å². The number of fused-ring (bicyclic) bond motifs is 3. The maximum Gasteiger partial charge on any atom is 0.166 e. The molecule has 0 aliphatic heterocycles. The van der Waals surface area contributed by atoms with E-state index in [1.165, 1.54) is 0 Å². The standard InChI is InChI=1S/C48H31N7/c1-5-17-32(18-6-1)43-49-44(33-19-7-2-8-20-33)52-47(51-43)36-29-30-42(55-40-27-15-13-25-37(40)38-26-14-16-28-41(38)55)39(31-36)48-53-45(34-21-9-3-10-22-34)50-46(54-48)35-23-11-4-12-24-35/h1-31H/i1D,5D,6D,17D,18D. The molecular weight excluding hydrogens is 675 g/mol. The Morgan fingerprint density at radius 1 is 0.345 bits per heavy atom. The van der Waals surface area contributed by atoms with Crippen molar-refractivity contribution in [2.75, 3.05) is 0 Å². The van der Waals surface area contributed by atoms with Gasteiger partial charge in [0.05, 0.1) is 23.6 Å². The van der Waals surface area contributed by atoms with Crippen LogP contribution in [0.5, 0.6) is 0 Å². The molecule has 258 valence electrons. The van der Waals surface area contributed by atoms with Gasteiger partial charge in [0.25, 0.3) is 0 Å². The molecule has 7 heteroatoms. The van der Waals surface area contributed by atoms with Crippen molar-refractivity contribution in [2.45, 2.75) is 0 Å². The van der Waals surface area contributed by atoms with Gasteiger partial charge in [0.2, 0.25) is 0 Å². The van der Waals surface area contributed by atoms with Crippen molar-refractivity contribution in [2.24, 2.45) is 0 Å². The van der Waals surface area contributed by atoms with Crippen molar-refractivity contribution in [3.05, 3.63) is 188 Å². The number of rotatable bonds is 7. The average molecular weight is 711 g/mol. The van der Waals surface area contributed by atoms with E-state index in [2.05, 4.69) is 28.8 Å². The Labute approximate surface area is 324 Å². The second-order valence-corrected chi connectivity index (χ2v) is 12.8. The van der Waals surface area contributed by atoms with E-state index in [4.69, 9.17) is 36.8 Å². The third-order valence-corrected chi connectivity index (χ3v) is 9.41.